The highest BCUT2D eigenvalue weighted by atomic mass is 16.5. The number of aromatic nitrogens is 2. The van der Waals surface area contributed by atoms with Gasteiger partial charge in [-0.25, -0.2) is 0 Å². The largest absolute Gasteiger partial charge is 0.472 e. The van der Waals surface area contributed by atoms with Gasteiger partial charge >= 0.3 is 6.01 Å². The summed E-state index contributed by atoms with van der Waals surface area (Å²) in [5.41, 5.74) is 4.17. The molecule has 1 aromatic heterocycles. The molecule has 0 spiro atoms. The Balaban J connectivity index is 1.70. The number of ether oxygens (including phenoxy) is 3. The summed E-state index contributed by atoms with van der Waals surface area (Å²) in [7, 11) is 0. The molecule has 0 aliphatic carbocycles. The second-order valence-corrected chi connectivity index (χ2v) is 8.53. The number of aldehydes is 1. The summed E-state index contributed by atoms with van der Waals surface area (Å²) in [6, 6.07) is 25.2. The Morgan fingerprint density at radius 2 is 1.40 bits per heavy atom. The average Bonchev–Trinajstić information content (AvgIpc) is 2.86. The van der Waals surface area contributed by atoms with Crippen LogP contribution in [0.1, 0.15) is 52.4 Å². The van der Waals surface area contributed by atoms with Gasteiger partial charge in [0, 0.05) is 5.56 Å². The minimum absolute atomic E-state index is 0.00861. The molecule has 1 heterocycles. The Morgan fingerprint density at radius 3 is 2.00 bits per heavy atom. The fourth-order valence-corrected chi connectivity index (χ4v) is 3.62. The molecule has 0 N–H and O–H groups in total. The van der Waals surface area contributed by atoms with Gasteiger partial charge in [-0.05, 0) is 47.7 Å². The monoisotopic (exact) mass is 468 g/mol. The SMILES string of the molecule is Cc1cc(C=O)cc(Oc2nc(OCc3ccccc3)nc(OCc3ccccc3)c2C(C)C)c1. The zero-order valence-corrected chi connectivity index (χ0v) is 20.1. The Morgan fingerprint density at radius 1 is 0.800 bits per heavy atom. The van der Waals surface area contributed by atoms with Crippen molar-refractivity contribution in [1.29, 1.82) is 0 Å². The summed E-state index contributed by atoms with van der Waals surface area (Å²) in [6.45, 7) is 6.61. The topological polar surface area (TPSA) is 70.5 Å². The van der Waals surface area contributed by atoms with E-state index in [9.17, 15) is 4.79 Å². The highest BCUT2D eigenvalue weighted by molar-refractivity contribution is 5.76. The van der Waals surface area contributed by atoms with Crippen molar-refractivity contribution in [3.05, 3.63) is 107 Å². The van der Waals surface area contributed by atoms with E-state index in [1.807, 2.05) is 87.5 Å². The molecular formula is C29H28N2O4. The van der Waals surface area contributed by atoms with Crippen LogP contribution in [0.5, 0.6) is 23.5 Å². The molecule has 0 unspecified atom stereocenters. The molecule has 178 valence electrons. The molecule has 3 aromatic carbocycles. The Bertz CT molecular complexity index is 1270. The molecule has 6 nitrogen and oxygen atoms in total. The number of rotatable bonds is 10. The van der Waals surface area contributed by atoms with Crippen LogP contribution in [0.4, 0.5) is 0 Å². The molecule has 0 radical (unpaired) electrons. The van der Waals surface area contributed by atoms with E-state index in [1.54, 1.807) is 12.1 Å². The summed E-state index contributed by atoms with van der Waals surface area (Å²) in [5, 5.41) is 0. The van der Waals surface area contributed by atoms with Crippen molar-refractivity contribution in [1.82, 2.24) is 9.97 Å². The maximum absolute atomic E-state index is 11.4. The lowest BCUT2D eigenvalue weighted by atomic mass is 10.1. The van der Waals surface area contributed by atoms with Gasteiger partial charge in [0.05, 0.1) is 5.56 Å². The molecule has 6 heteroatoms. The maximum Gasteiger partial charge on any atom is 0.323 e. The third-order valence-corrected chi connectivity index (χ3v) is 5.29. The van der Waals surface area contributed by atoms with Gasteiger partial charge in [-0.1, -0.05) is 74.5 Å². The quantitative estimate of drug-likeness (QED) is 0.242. The summed E-state index contributed by atoms with van der Waals surface area (Å²) in [5.74, 6) is 1.26. The van der Waals surface area contributed by atoms with Crippen LogP contribution in [0.2, 0.25) is 0 Å². The van der Waals surface area contributed by atoms with Gasteiger partial charge in [-0.2, -0.15) is 9.97 Å². The molecule has 0 aliphatic heterocycles. The predicted molar refractivity (Wildman–Crippen MR) is 134 cm³/mol. The van der Waals surface area contributed by atoms with Crippen LogP contribution in [-0.4, -0.2) is 16.3 Å². The number of hydrogen-bond donors (Lipinski definition) is 0. The zero-order chi connectivity index (χ0) is 24.6. The van der Waals surface area contributed by atoms with E-state index < -0.39 is 0 Å². The number of aryl methyl sites for hydroxylation is 1. The first kappa shape index (κ1) is 24.0. The van der Waals surface area contributed by atoms with Gasteiger partial charge in [-0.15, -0.1) is 0 Å². The van der Waals surface area contributed by atoms with Crippen molar-refractivity contribution in [3.63, 3.8) is 0 Å². The molecule has 0 bridgehead atoms. The minimum Gasteiger partial charge on any atom is -0.472 e. The van der Waals surface area contributed by atoms with Crippen molar-refractivity contribution in [2.45, 2.75) is 39.9 Å². The Hall–Kier alpha value is -4.19. The number of hydrogen-bond acceptors (Lipinski definition) is 6. The van der Waals surface area contributed by atoms with E-state index in [4.69, 9.17) is 14.2 Å². The van der Waals surface area contributed by atoms with Crippen molar-refractivity contribution >= 4 is 6.29 Å². The lowest BCUT2D eigenvalue weighted by Gasteiger charge is -2.18. The first-order chi connectivity index (χ1) is 17.0. The number of nitrogens with zero attached hydrogens (tertiary/aromatic N) is 2. The number of carbonyl (C=O) groups is 1. The Kier molecular flexibility index (Phi) is 7.73. The predicted octanol–water partition coefficient (Wildman–Crippen LogP) is 6.67. The number of carbonyl (C=O) groups excluding carboxylic acids is 1. The molecule has 0 fully saturated rings. The van der Waals surface area contributed by atoms with Crippen molar-refractivity contribution < 1.29 is 19.0 Å². The summed E-state index contributed by atoms with van der Waals surface area (Å²) in [6.07, 6.45) is 0.798. The molecule has 4 rings (SSSR count). The highest BCUT2D eigenvalue weighted by Crippen LogP contribution is 2.37. The van der Waals surface area contributed by atoms with Crippen LogP contribution in [0.3, 0.4) is 0 Å². The fraction of sp³-hybridized carbons (Fsp3) is 0.207. The third-order valence-electron chi connectivity index (χ3n) is 5.29. The van der Waals surface area contributed by atoms with E-state index in [-0.39, 0.29) is 11.9 Å². The second-order valence-electron chi connectivity index (χ2n) is 8.53. The standard InChI is InChI=1S/C29H28N2O4/c1-20(2)26-27(33-18-22-10-6-4-7-11-22)30-29(34-19-23-12-8-5-9-13-23)31-28(26)35-25-15-21(3)14-24(16-25)17-32/h4-17,20H,18-19H2,1-3H3. The molecule has 0 saturated carbocycles. The van der Waals surface area contributed by atoms with Crippen LogP contribution in [0, 0.1) is 6.92 Å². The summed E-state index contributed by atoms with van der Waals surface area (Å²) >= 11 is 0. The van der Waals surface area contributed by atoms with E-state index in [0.29, 0.717) is 36.3 Å². The molecule has 0 saturated heterocycles. The minimum atomic E-state index is 0.00861. The normalized spacial score (nSPS) is 10.7. The van der Waals surface area contributed by atoms with Gasteiger partial charge in [-0.3, -0.25) is 4.79 Å². The molecule has 4 aromatic rings. The van der Waals surface area contributed by atoms with E-state index in [2.05, 4.69) is 9.97 Å². The Labute approximate surface area is 205 Å². The van der Waals surface area contributed by atoms with Crippen molar-refractivity contribution in [2.24, 2.45) is 0 Å². The van der Waals surface area contributed by atoms with Crippen LogP contribution in [-0.2, 0) is 13.2 Å². The first-order valence-electron chi connectivity index (χ1n) is 11.5. The molecule has 35 heavy (non-hydrogen) atoms. The molecular weight excluding hydrogens is 440 g/mol. The first-order valence-corrected chi connectivity index (χ1v) is 11.5. The zero-order valence-electron chi connectivity index (χ0n) is 20.1. The van der Waals surface area contributed by atoms with Crippen LogP contribution >= 0.6 is 0 Å². The fourth-order valence-electron chi connectivity index (χ4n) is 3.62. The van der Waals surface area contributed by atoms with Gasteiger partial charge in [0.2, 0.25) is 11.8 Å². The van der Waals surface area contributed by atoms with Crippen LogP contribution < -0.4 is 14.2 Å². The summed E-state index contributed by atoms with van der Waals surface area (Å²) in [4.78, 5) is 20.5. The smallest absolute Gasteiger partial charge is 0.323 e. The van der Waals surface area contributed by atoms with Crippen LogP contribution in [0.15, 0.2) is 78.9 Å². The van der Waals surface area contributed by atoms with Crippen molar-refractivity contribution in [3.8, 4) is 23.5 Å². The van der Waals surface area contributed by atoms with E-state index >= 15 is 0 Å². The van der Waals surface area contributed by atoms with Gasteiger partial charge in [0.1, 0.15) is 25.2 Å². The molecule has 0 aliphatic rings. The second kappa shape index (κ2) is 11.3. The lowest BCUT2D eigenvalue weighted by molar-refractivity contribution is 0.112. The summed E-state index contributed by atoms with van der Waals surface area (Å²) < 4.78 is 18.3. The van der Waals surface area contributed by atoms with E-state index in [0.717, 1.165) is 28.5 Å². The maximum atomic E-state index is 11.4. The van der Waals surface area contributed by atoms with Gasteiger partial charge in [0.15, 0.2) is 0 Å². The van der Waals surface area contributed by atoms with Gasteiger partial charge < -0.3 is 14.2 Å². The van der Waals surface area contributed by atoms with Crippen molar-refractivity contribution in [2.75, 3.05) is 0 Å². The van der Waals surface area contributed by atoms with Gasteiger partial charge in [0.25, 0.3) is 0 Å². The highest BCUT2D eigenvalue weighted by Gasteiger charge is 2.22. The third kappa shape index (κ3) is 6.44. The lowest BCUT2D eigenvalue weighted by Crippen LogP contribution is -2.09. The molecule has 0 atom stereocenters. The van der Waals surface area contributed by atoms with Crippen LogP contribution in [0.25, 0.3) is 0 Å². The number of benzene rings is 3. The van der Waals surface area contributed by atoms with E-state index in [1.165, 1.54) is 0 Å². The molecule has 0 amide bonds. The average molecular weight is 469 g/mol.